The van der Waals surface area contributed by atoms with Gasteiger partial charge in [-0.05, 0) is 38.2 Å². The second-order valence-corrected chi connectivity index (χ2v) is 7.94. The van der Waals surface area contributed by atoms with E-state index >= 15 is 0 Å². The lowest BCUT2D eigenvalue weighted by Gasteiger charge is -2.24. The predicted molar refractivity (Wildman–Crippen MR) is 114 cm³/mol. The second kappa shape index (κ2) is 15.0. The average molecular weight is 479 g/mol. The van der Waals surface area contributed by atoms with Crippen molar-refractivity contribution in [2.45, 2.75) is 63.2 Å². The van der Waals surface area contributed by atoms with E-state index in [0.29, 0.717) is 5.75 Å². The van der Waals surface area contributed by atoms with Crippen molar-refractivity contribution in [3.8, 4) is 0 Å². The summed E-state index contributed by atoms with van der Waals surface area (Å²) in [6.07, 6.45) is 0.200. The molecular weight excluding hydrogens is 448 g/mol. The van der Waals surface area contributed by atoms with Gasteiger partial charge in [-0.1, -0.05) is 0 Å². The number of nitrogens with two attached hydrogens (primary N) is 1. The largest absolute Gasteiger partial charge is 0.481 e. The maximum atomic E-state index is 12.7. The van der Waals surface area contributed by atoms with Gasteiger partial charge in [-0.3, -0.25) is 24.0 Å². The van der Waals surface area contributed by atoms with Crippen molar-refractivity contribution in [2.24, 2.45) is 5.73 Å². The van der Waals surface area contributed by atoms with Crippen molar-refractivity contribution in [1.29, 1.82) is 0 Å². The van der Waals surface area contributed by atoms with Gasteiger partial charge < -0.3 is 37.0 Å². The average Bonchev–Trinajstić information content (AvgIpc) is 2.69. The number of carboxylic acids is 3. The molecule has 0 bridgehead atoms. The molecule has 182 valence electrons. The Hall–Kier alpha value is -2.87. The van der Waals surface area contributed by atoms with Crippen LogP contribution in [0, 0.1) is 0 Å². The fourth-order valence-electron chi connectivity index (χ4n) is 2.41. The van der Waals surface area contributed by atoms with Gasteiger partial charge in [-0.15, -0.1) is 0 Å². The monoisotopic (exact) mass is 478 g/mol. The van der Waals surface area contributed by atoms with E-state index in [2.05, 4.69) is 16.0 Å². The molecule has 0 aliphatic rings. The van der Waals surface area contributed by atoms with Crippen molar-refractivity contribution in [2.75, 3.05) is 12.0 Å². The van der Waals surface area contributed by atoms with E-state index in [-0.39, 0.29) is 12.8 Å². The number of hydrogen-bond acceptors (Lipinski definition) is 8. The van der Waals surface area contributed by atoms with Gasteiger partial charge in [0, 0.05) is 12.8 Å². The summed E-state index contributed by atoms with van der Waals surface area (Å²) in [5.41, 5.74) is 5.50. The molecule has 0 saturated heterocycles. The highest BCUT2D eigenvalue weighted by atomic mass is 32.2. The SMILES string of the molecule is CSCCC(NC(=O)C(C)N)C(=O)NC(CCC(=O)O)C(=O)NC(CCC(=O)O)C(=O)O. The Morgan fingerprint density at radius 2 is 1.16 bits per heavy atom. The molecule has 8 N–H and O–H groups in total. The molecule has 32 heavy (non-hydrogen) atoms. The van der Waals surface area contributed by atoms with Crippen LogP contribution in [0.4, 0.5) is 0 Å². The molecule has 0 fully saturated rings. The normalized spacial score (nSPS) is 14.3. The third-order valence-corrected chi connectivity index (χ3v) is 4.84. The van der Waals surface area contributed by atoms with E-state index in [0.717, 1.165) is 0 Å². The number of carbonyl (C=O) groups excluding carboxylic acids is 3. The Morgan fingerprint density at radius 3 is 1.56 bits per heavy atom. The van der Waals surface area contributed by atoms with Crippen molar-refractivity contribution in [3.63, 3.8) is 0 Å². The highest BCUT2D eigenvalue weighted by molar-refractivity contribution is 7.98. The molecule has 14 heteroatoms. The van der Waals surface area contributed by atoms with Gasteiger partial charge in [0.25, 0.3) is 0 Å². The van der Waals surface area contributed by atoms with E-state index in [9.17, 15) is 33.9 Å². The van der Waals surface area contributed by atoms with E-state index in [1.165, 1.54) is 18.7 Å². The van der Waals surface area contributed by atoms with Crippen LogP contribution in [0.3, 0.4) is 0 Å². The highest BCUT2D eigenvalue weighted by Crippen LogP contribution is 2.06. The second-order valence-electron chi connectivity index (χ2n) is 6.96. The molecule has 13 nitrogen and oxygen atoms in total. The summed E-state index contributed by atoms with van der Waals surface area (Å²) < 4.78 is 0. The van der Waals surface area contributed by atoms with Gasteiger partial charge in [0.05, 0.1) is 6.04 Å². The maximum Gasteiger partial charge on any atom is 0.326 e. The summed E-state index contributed by atoms with van der Waals surface area (Å²) in [4.78, 5) is 70.1. The molecule has 0 aromatic carbocycles. The number of thioether (sulfide) groups is 1. The number of amides is 3. The Morgan fingerprint density at radius 1 is 0.750 bits per heavy atom. The van der Waals surface area contributed by atoms with Gasteiger partial charge in [0.15, 0.2) is 0 Å². The van der Waals surface area contributed by atoms with Crippen LogP contribution in [0.15, 0.2) is 0 Å². The third-order valence-electron chi connectivity index (χ3n) is 4.20. The van der Waals surface area contributed by atoms with Crippen LogP contribution < -0.4 is 21.7 Å². The Bertz CT molecular complexity index is 702. The molecule has 4 atom stereocenters. The molecule has 0 radical (unpaired) electrons. The zero-order valence-corrected chi connectivity index (χ0v) is 18.6. The Kier molecular flexibility index (Phi) is 13.7. The van der Waals surface area contributed by atoms with Gasteiger partial charge >= 0.3 is 17.9 Å². The fraction of sp³-hybridized carbons (Fsp3) is 0.667. The van der Waals surface area contributed by atoms with E-state index in [1.807, 2.05) is 0 Å². The van der Waals surface area contributed by atoms with Gasteiger partial charge in [-0.25, -0.2) is 4.79 Å². The smallest absolute Gasteiger partial charge is 0.326 e. The first-order valence-corrected chi connectivity index (χ1v) is 11.1. The molecule has 0 spiro atoms. The molecule has 0 rings (SSSR count). The standard InChI is InChI=1S/C18H30N4O9S/c1-9(19)15(27)20-11(7-8-32-2)17(29)21-10(3-5-13(23)24)16(28)22-12(18(30)31)4-6-14(25)26/h9-12H,3-8,19H2,1-2H3,(H,20,27)(H,21,29)(H,22,28)(H,23,24)(H,25,26)(H,30,31). The predicted octanol–water partition coefficient (Wildman–Crippen LogP) is -1.64. The summed E-state index contributed by atoms with van der Waals surface area (Å²) in [5.74, 6) is -5.86. The first-order valence-electron chi connectivity index (χ1n) is 9.71. The minimum atomic E-state index is -1.55. The molecular formula is C18H30N4O9S. The van der Waals surface area contributed by atoms with Crippen LogP contribution in [-0.2, 0) is 28.8 Å². The molecule has 0 saturated carbocycles. The van der Waals surface area contributed by atoms with Crippen molar-refractivity contribution in [1.82, 2.24) is 16.0 Å². The number of rotatable bonds is 16. The highest BCUT2D eigenvalue weighted by Gasteiger charge is 2.30. The minimum absolute atomic E-state index is 0.203. The number of aliphatic carboxylic acids is 3. The van der Waals surface area contributed by atoms with Crippen LogP contribution in [0.25, 0.3) is 0 Å². The van der Waals surface area contributed by atoms with Crippen LogP contribution in [0.1, 0.15) is 39.0 Å². The molecule has 3 amide bonds. The molecule has 0 aliphatic heterocycles. The van der Waals surface area contributed by atoms with Crippen LogP contribution in [0.2, 0.25) is 0 Å². The lowest BCUT2D eigenvalue weighted by molar-refractivity contribution is -0.144. The maximum absolute atomic E-state index is 12.7. The fourth-order valence-corrected chi connectivity index (χ4v) is 2.89. The summed E-state index contributed by atoms with van der Waals surface area (Å²) in [7, 11) is 0. The van der Waals surface area contributed by atoms with E-state index < -0.39 is 79.1 Å². The van der Waals surface area contributed by atoms with Crippen LogP contribution >= 0.6 is 11.8 Å². The lowest BCUT2D eigenvalue weighted by Crippen LogP contribution is -2.57. The van der Waals surface area contributed by atoms with E-state index in [1.54, 1.807) is 6.26 Å². The summed E-state index contributed by atoms with van der Waals surface area (Å²) in [6, 6.07) is -4.92. The molecule has 0 aromatic rings. The number of carboxylic acid groups (broad SMARTS) is 3. The Labute approximate surface area is 188 Å². The van der Waals surface area contributed by atoms with Crippen molar-refractivity contribution < 1.29 is 44.1 Å². The summed E-state index contributed by atoms with van der Waals surface area (Å²) in [6.45, 7) is 1.42. The quantitative estimate of drug-likeness (QED) is 0.133. The summed E-state index contributed by atoms with van der Waals surface area (Å²) >= 11 is 1.41. The molecule has 0 aliphatic carbocycles. The first-order chi connectivity index (χ1) is 14.9. The van der Waals surface area contributed by atoms with E-state index in [4.69, 9.17) is 15.9 Å². The van der Waals surface area contributed by atoms with Crippen molar-refractivity contribution >= 4 is 47.4 Å². The topological polar surface area (TPSA) is 225 Å². The first kappa shape index (κ1) is 29.1. The lowest BCUT2D eigenvalue weighted by atomic mass is 10.1. The number of carbonyl (C=O) groups is 6. The van der Waals surface area contributed by atoms with Gasteiger partial charge in [0.2, 0.25) is 17.7 Å². The van der Waals surface area contributed by atoms with Crippen LogP contribution in [0.5, 0.6) is 0 Å². The van der Waals surface area contributed by atoms with Gasteiger partial charge in [-0.2, -0.15) is 11.8 Å². The number of hydrogen-bond donors (Lipinski definition) is 7. The summed E-state index contributed by atoms with van der Waals surface area (Å²) in [5, 5.41) is 33.8. The van der Waals surface area contributed by atoms with Crippen molar-refractivity contribution in [3.05, 3.63) is 0 Å². The zero-order chi connectivity index (χ0) is 24.8. The third kappa shape index (κ3) is 12.1. The molecule has 4 unspecified atom stereocenters. The zero-order valence-electron chi connectivity index (χ0n) is 17.8. The molecule has 0 aromatic heterocycles. The van der Waals surface area contributed by atoms with Gasteiger partial charge in [0.1, 0.15) is 18.1 Å². The van der Waals surface area contributed by atoms with Crippen LogP contribution in [-0.4, -0.2) is 87.1 Å². The number of nitrogens with one attached hydrogen (secondary N) is 3. The minimum Gasteiger partial charge on any atom is -0.481 e. The Balaban J connectivity index is 5.45. The molecule has 0 heterocycles.